The molecular weight excluding hydrogens is 358 g/mol. The first-order valence-electron chi connectivity index (χ1n) is 6.79. The molecule has 0 bridgehead atoms. The fraction of sp³-hybridized carbons (Fsp3) is 0.643. The van der Waals surface area contributed by atoms with Gasteiger partial charge in [0, 0.05) is 12.6 Å². The predicted molar refractivity (Wildman–Crippen MR) is 81.0 cm³/mol. The number of esters is 2. The summed E-state index contributed by atoms with van der Waals surface area (Å²) in [6.45, 7) is 4.70. The van der Waals surface area contributed by atoms with E-state index in [-0.39, 0.29) is 32.1 Å². The molecule has 124 valence electrons. The molecule has 1 aliphatic heterocycles. The molecular formula is C14H20BrNO6. The lowest BCUT2D eigenvalue weighted by Crippen LogP contribution is -2.44. The number of rotatable bonds is 7. The SMILES string of the molecule is CC(C)(Br)C(=O)OCCOC(=O)CCN1C(=O)C=CC1(C)O. The van der Waals surface area contributed by atoms with Gasteiger partial charge < -0.3 is 19.5 Å². The van der Waals surface area contributed by atoms with Crippen molar-refractivity contribution in [3.05, 3.63) is 12.2 Å². The molecule has 22 heavy (non-hydrogen) atoms. The molecule has 0 spiro atoms. The predicted octanol–water partition coefficient (Wildman–Crippen LogP) is 0.743. The van der Waals surface area contributed by atoms with Gasteiger partial charge in [-0.3, -0.25) is 14.4 Å². The molecule has 1 heterocycles. The van der Waals surface area contributed by atoms with Crippen LogP contribution in [0, 0.1) is 0 Å². The number of ether oxygens (including phenoxy) is 2. The van der Waals surface area contributed by atoms with Crippen LogP contribution in [-0.4, -0.2) is 57.7 Å². The fourth-order valence-corrected chi connectivity index (χ4v) is 1.82. The Bertz CT molecular complexity index is 480. The Labute approximate surface area is 137 Å². The first-order chi connectivity index (χ1) is 10.0. The van der Waals surface area contributed by atoms with E-state index in [2.05, 4.69) is 15.9 Å². The van der Waals surface area contributed by atoms with Gasteiger partial charge in [0.25, 0.3) is 0 Å². The number of hydrogen-bond acceptors (Lipinski definition) is 6. The number of carbonyl (C=O) groups is 3. The molecule has 8 heteroatoms. The minimum absolute atomic E-state index is 0.0402. The molecule has 1 unspecified atom stereocenters. The molecule has 0 fully saturated rings. The van der Waals surface area contributed by atoms with Crippen LogP contribution in [0.15, 0.2) is 12.2 Å². The number of nitrogens with zero attached hydrogens (tertiary/aromatic N) is 1. The molecule has 1 aliphatic rings. The Balaban J connectivity index is 2.22. The molecule has 1 rings (SSSR count). The summed E-state index contributed by atoms with van der Waals surface area (Å²) in [4.78, 5) is 35.6. The van der Waals surface area contributed by atoms with Crippen LogP contribution in [0.5, 0.6) is 0 Å². The van der Waals surface area contributed by atoms with Crippen molar-refractivity contribution in [2.45, 2.75) is 37.2 Å². The van der Waals surface area contributed by atoms with E-state index < -0.39 is 22.0 Å². The molecule has 1 N–H and O–H groups in total. The lowest BCUT2D eigenvalue weighted by atomic mass is 10.2. The highest BCUT2D eigenvalue weighted by Crippen LogP contribution is 2.20. The van der Waals surface area contributed by atoms with E-state index in [0.29, 0.717) is 0 Å². The van der Waals surface area contributed by atoms with E-state index >= 15 is 0 Å². The topological polar surface area (TPSA) is 93.1 Å². The van der Waals surface area contributed by atoms with Gasteiger partial charge in [-0.15, -0.1) is 0 Å². The van der Waals surface area contributed by atoms with E-state index in [1.165, 1.54) is 24.0 Å². The molecule has 0 radical (unpaired) electrons. The molecule has 0 aromatic heterocycles. The van der Waals surface area contributed by atoms with Crippen LogP contribution in [0.1, 0.15) is 27.2 Å². The van der Waals surface area contributed by atoms with E-state index in [9.17, 15) is 19.5 Å². The number of halogens is 1. The summed E-state index contributed by atoms with van der Waals surface area (Å²) in [6, 6.07) is 0. The zero-order chi connectivity index (χ0) is 17.0. The van der Waals surface area contributed by atoms with Crippen LogP contribution in [0.2, 0.25) is 0 Å². The maximum absolute atomic E-state index is 11.5. The van der Waals surface area contributed by atoms with Crippen molar-refractivity contribution < 1.29 is 29.0 Å². The van der Waals surface area contributed by atoms with Crippen molar-refractivity contribution in [2.24, 2.45) is 0 Å². The monoisotopic (exact) mass is 377 g/mol. The highest BCUT2D eigenvalue weighted by molar-refractivity contribution is 9.10. The number of aliphatic hydroxyl groups is 1. The van der Waals surface area contributed by atoms with Crippen LogP contribution in [0.4, 0.5) is 0 Å². The summed E-state index contributed by atoms with van der Waals surface area (Å²) in [5.41, 5.74) is -1.38. The number of hydrogen-bond donors (Lipinski definition) is 1. The van der Waals surface area contributed by atoms with E-state index in [4.69, 9.17) is 9.47 Å². The Morgan fingerprint density at radius 2 is 1.95 bits per heavy atom. The lowest BCUT2D eigenvalue weighted by Gasteiger charge is -2.29. The summed E-state index contributed by atoms with van der Waals surface area (Å²) in [5.74, 6) is -1.34. The van der Waals surface area contributed by atoms with E-state index in [1.54, 1.807) is 13.8 Å². The van der Waals surface area contributed by atoms with Gasteiger partial charge in [0.1, 0.15) is 17.5 Å². The molecule has 0 aromatic carbocycles. The van der Waals surface area contributed by atoms with Crippen LogP contribution >= 0.6 is 15.9 Å². The fourth-order valence-electron chi connectivity index (χ4n) is 1.71. The highest BCUT2D eigenvalue weighted by atomic mass is 79.9. The zero-order valence-corrected chi connectivity index (χ0v) is 14.4. The van der Waals surface area contributed by atoms with Gasteiger partial charge in [0.15, 0.2) is 5.72 Å². The van der Waals surface area contributed by atoms with Crippen LogP contribution in [0.3, 0.4) is 0 Å². The van der Waals surface area contributed by atoms with Gasteiger partial charge in [-0.2, -0.15) is 0 Å². The summed E-state index contributed by atoms with van der Waals surface area (Å²) < 4.78 is 9.02. The number of alkyl halides is 1. The molecule has 0 aliphatic carbocycles. The first kappa shape index (κ1) is 18.6. The summed E-state index contributed by atoms with van der Waals surface area (Å²) >= 11 is 3.15. The minimum Gasteiger partial charge on any atom is -0.462 e. The Hall–Kier alpha value is -1.41. The standard InChI is InChI=1S/C14H20BrNO6/c1-13(2,15)12(19)22-9-8-21-11(18)5-7-16-10(17)4-6-14(16,3)20/h4,6,20H,5,7-9H2,1-3H3. The summed E-state index contributed by atoms with van der Waals surface area (Å²) in [6.07, 6.45) is 2.57. The second kappa shape index (κ2) is 7.23. The largest absolute Gasteiger partial charge is 0.462 e. The van der Waals surface area contributed by atoms with Gasteiger partial charge >= 0.3 is 11.9 Å². The van der Waals surface area contributed by atoms with Gasteiger partial charge in [-0.25, -0.2) is 0 Å². The summed E-state index contributed by atoms with van der Waals surface area (Å²) in [5, 5.41) is 9.89. The zero-order valence-electron chi connectivity index (χ0n) is 12.8. The van der Waals surface area contributed by atoms with Gasteiger partial charge in [-0.1, -0.05) is 15.9 Å². The second-order valence-electron chi connectivity index (χ2n) is 5.50. The quantitative estimate of drug-likeness (QED) is 0.399. The normalized spacial score (nSPS) is 21.1. The van der Waals surface area contributed by atoms with Crippen molar-refractivity contribution in [2.75, 3.05) is 19.8 Å². The van der Waals surface area contributed by atoms with Crippen LogP contribution in [-0.2, 0) is 23.9 Å². The molecule has 7 nitrogen and oxygen atoms in total. The van der Waals surface area contributed by atoms with E-state index in [0.717, 1.165) is 0 Å². The van der Waals surface area contributed by atoms with Crippen LogP contribution in [0.25, 0.3) is 0 Å². The van der Waals surface area contributed by atoms with Crippen molar-refractivity contribution >= 4 is 33.8 Å². The Morgan fingerprint density at radius 1 is 1.36 bits per heavy atom. The molecule has 1 amide bonds. The van der Waals surface area contributed by atoms with Gasteiger partial charge in [0.05, 0.1) is 6.42 Å². The summed E-state index contributed by atoms with van der Waals surface area (Å²) in [7, 11) is 0. The van der Waals surface area contributed by atoms with Crippen LogP contribution < -0.4 is 0 Å². The van der Waals surface area contributed by atoms with Crippen molar-refractivity contribution in [1.29, 1.82) is 0 Å². The Morgan fingerprint density at radius 3 is 2.45 bits per heavy atom. The van der Waals surface area contributed by atoms with Gasteiger partial charge in [0.2, 0.25) is 5.91 Å². The smallest absolute Gasteiger partial charge is 0.322 e. The molecule has 0 aromatic rings. The van der Waals surface area contributed by atoms with Crippen molar-refractivity contribution in [3.8, 4) is 0 Å². The average molecular weight is 378 g/mol. The Kier molecular flexibility index (Phi) is 6.13. The second-order valence-corrected chi connectivity index (χ2v) is 7.48. The third-order valence-corrected chi connectivity index (χ3v) is 3.28. The minimum atomic E-state index is -1.38. The third kappa shape index (κ3) is 5.42. The molecule has 0 saturated carbocycles. The first-order valence-corrected chi connectivity index (χ1v) is 7.58. The maximum Gasteiger partial charge on any atom is 0.322 e. The van der Waals surface area contributed by atoms with Crippen molar-refractivity contribution in [1.82, 2.24) is 4.90 Å². The lowest BCUT2D eigenvalue weighted by molar-refractivity contribution is -0.154. The highest BCUT2D eigenvalue weighted by Gasteiger charge is 2.34. The van der Waals surface area contributed by atoms with Crippen molar-refractivity contribution in [3.63, 3.8) is 0 Å². The molecule has 1 atom stereocenters. The van der Waals surface area contributed by atoms with Gasteiger partial charge in [-0.05, 0) is 26.8 Å². The average Bonchev–Trinajstić information content (AvgIpc) is 2.65. The third-order valence-electron chi connectivity index (χ3n) is 2.96. The molecule has 0 saturated heterocycles. The van der Waals surface area contributed by atoms with E-state index in [1.807, 2.05) is 0 Å². The number of carbonyl (C=O) groups excluding carboxylic acids is 3. The maximum atomic E-state index is 11.5. The number of amides is 1.